The molecule has 0 aliphatic carbocycles. The quantitative estimate of drug-likeness (QED) is 0.476. The molecule has 1 rings (SSSR count). The SMILES string of the molecule is C#CC1=C(C(=O)OCC(C)C)NC/C1=C\C(F)=C/C=C. The van der Waals surface area contributed by atoms with Gasteiger partial charge in [0.05, 0.1) is 12.2 Å². The normalized spacial score (nSPS) is 17.1. The van der Waals surface area contributed by atoms with Crippen LogP contribution in [0.3, 0.4) is 0 Å². The van der Waals surface area contributed by atoms with Crippen LogP contribution in [0.5, 0.6) is 0 Å². The van der Waals surface area contributed by atoms with Gasteiger partial charge in [-0.2, -0.15) is 0 Å². The molecule has 0 fully saturated rings. The number of carbonyl (C=O) groups is 1. The molecule has 0 aromatic heterocycles. The number of terminal acetylenes is 1. The molecule has 3 nitrogen and oxygen atoms in total. The Morgan fingerprint density at radius 3 is 2.90 bits per heavy atom. The maximum atomic E-state index is 13.4. The van der Waals surface area contributed by atoms with Crippen LogP contribution >= 0.6 is 0 Å². The van der Waals surface area contributed by atoms with Crippen LogP contribution in [0, 0.1) is 18.3 Å². The minimum atomic E-state index is -0.511. The van der Waals surface area contributed by atoms with Crippen LogP contribution in [0.25, 0.3) is 0 Å². The molecule has 1 N–H and O–H groups in total. The van der Waals surface area contributed by atoms with Gasteiger partial charge in [-0.1, -0.05) is 32.4 Å². The van der Waals surface area contributed by atoms with E-state index < -0.39 is 11.8 Å². The summed E-state index contributed by atoms with van der Waals surface area (Å²) in [7, 11) is 0. The lowest BCUT2D eigenvalue weighted by Gasteiger charge is -2.08. The average Bonchev–Trinajstić information content (AvgIpc) is 2.78. The fraction of sp³-hybridized carbons (Fsp3) is 0.312. The van der Waals surface area contributed by atoms with E-state index in [1.807, 2.05) is 13.8 Å². The summed E-state index contributed by atoms with van der Waals surface area (Å²) in [6, 6.07) is 0. The third kappa shape index (κ3) is 4.13. The van der Waals surface area contributed by atoms with Crippen molar-refractivity contribution in [2.45, 2.75) is 13.8 Å². The number of ether oxygens (including phenoxy) is 1. The molecule has 1 aliphatic rings. The third-order valence-corrected chi connectivity index (χ3v) is 2.51. The number of esters is 1. The highest BCUT2D eigenvalue weighted by molar-refractivity contribution is 5.92. The molecule has 0 saturated heterocycles. The highest BCUT2D eigenvalue weighted by atomic mass is 19.1. The Kier molecular flexibility index (Phi) is 5.79. The third-order valence-electron chi connectivity index (χ3n) is 2.51. The van der Waals surface area contributed by atoms with Crippen molar-refractivity contribution >= 4 is 5.97 Å². The van der Waals surface area contributed by atoms with Crippen LogP contribution in [0.15, 0.2) is 47.5 Å². The van der Waals surface area contributed by atoms with Gasteiger partial charge in [0.15, 0.2) is 0 Å². The van der Waals surface area contributed by atoms with Gasteiger partial charge in [-0.25, -0.2) is 9.18 Å². The van der Waals surface area contributed by atoms with E-state index in [1.54, 1.807) is 0 Å². The summed E-state index contributed by atoms with van der Waals surface area (Å²) in [5.41, 5.74) is 1.09. The maximum Gasteiger partial charge on any atom is 0.355 e. The van der Waals surface area contributed by atoms with E-state index in [1.165, 1.54) is 18.2 Å². The van der Waals surface area contributed by atoms with E-state index >= 15 is 0 Å². The molecule has 0 aromatic rings. The zero-order chi connectivity index (χ0) is 15.1. The van der Waals surface area contributed by atoms with Crippen LogP contribution in [0.1, 0.15) is 13.8 Å². The van der Waals surface area contributed by atoms with Crippen molar-refractivity contribution in [1.29, 1.82) is 0 Å². The molecule has 0 aromatic carbocycles. The number of nitrogens with one attached hydrogen (secondary N) is 1. The van der Waals surface area contributed by atoms with Crippen molar-refractivity contribution in [2.75, 3.05) is 13.2 Å². The van der Waals surface area contributed by atoms with E-state index in [2.05, 4.69) is 17.8 Å². The van der Waals surface area contributed by atoms with Crippen LogP contribution in [0.4, 0.5) is 4.39 Å². The summed E-state index contributed by atoms with van der Waals surface area (Å²) in [6.45, 7) is 7.89. The van der Waals surface area contributed by atoms with E-state index in [0.717, 1.165) is 0 Å². The first-order valence-corrected chi connectivity index (χ1v) is 6.30. The van der Waals surface area contributed by atoms with Crippen molar-refractivity contribution in [2.24, 2.45) is 5.92 Å². The fourth-order valence-corrected chi connectivity index (χ4v) is 1.62. The number of rotatable bonds is 5. The lowest BCUT2D eigenvalue weighted by atomic mass is 10.1. The second-order valence-corrected chi connectivity index (χ2v) is 4.70. The van der Waals surface area contributed by atoms with Crippen molar-refractivity contribution < 1.29 is 13.9 Å². The van der Waals surface area contributed by atoms with Gasteiger partial charge in [-0.3, -0.25) is 0 Å². The number of hydrogen-bond donors (Lipinski definition) is 1. The summed E-state index contributed by atoms with van der Waals surface area (Å²) in [4.78, 5) is 11.9. The van der Waals surface area contributed by atoms with Gasteiger partial charge < -0.3 is 10.1 Å². The van der Waals surface area contributed by atoms with Gasteiger partial charge in [0.2, 0.25) is 0 Å². The number of allylic oxidation sites excluding steroid dienone is 4. The van der Waals surface area contributed by atoms with Crippen molar-refractivity contribution in [3.8, 4) is 12.3 Å². The highest BCUT2D eigenvalue weighted by Crippen LogP contribution is 2.22. The van der Waals surface area contributed by atoms with E-state index in [4.69, 9.17) is 11.2 Å². The first-order chi connectivity index (χ1) is 9.49. The Labute approximate surface area is 118 Å². The second-order valence-electron chi connectivity index (χ2n) is 4.70. The Balaban J connectivity index is 2.96. The zero-order valence-electron chi connectivity index (χ0n) is 11.7. The van der Waals surface area contributed by atoms with Gasteiger partial charge >= 0.3 is 5.97 Å². The maximum absolute atomic E-state index is 13.4. The molecule has 0 atom stereocenters. The molecule has 4 heteroatoms. The predicted molar refractivity (Wildman–Crippen MR) is 77.1 cm³/mol. The first kappa shape index (κ1) is 15.8. The van der Waals surface area contributed by atoms with Gasteiger partial charge in [0.1, 0.15) is 11.5 Å². The molecular weight excluding hydrogens is 257 g/mol. The average molecular weight is 275 g/mol. The standard InChI is InChI=1S/C16H18FNO2/c1-5-7-13(17)8-12-9-18-15(14(12)6-2)16(19)20-10-11(3)4/h2,5,7-8,11,18H,1,9-10H2,3-4H3/b12-8+,13-7+. The van der Waals surface area contributed by atoms with Crippen LogP contribution in [-0.2, 0) is 9.53 Å². The van der Waals surface area contributed by atoms with Crippen LogP contribution in [0.2, 0.25) is 0 Å². The molecular formula is C16H18FNO2. The number of carbonyl (C=O) groups excluding carboxylic acids is 1. The van der Waals surface area contributed by atoms with Gasteiger partial charge in [0.25, 0.3) is 0 Å². The Hall–Kier alpha value is -2.28. The number of halogens is 1. The molecule has 0 bridgehead atoms. The van der Waals surface area contributed by atoms with Crippen molar-refractivity contribution in [3.05, 3.63) is 47.5 Å². The fourth-order valence-electron chi connectivity index (χ4n) is 1.62. The zero-order valence-corrected chi connectivity index (χ0v) is 11.7. The molecule has 0 saturated carbocycles. The molecule has 0 amide bonds. The summed E-state index contributed by atoms with van der Waals surface area (Å²) >= 11 is 0. The van der Waals surface area contributed by atoms with Gasteiger partial charge in [-0.15, -0.1) is 6.42 Å². The lowest BCUT2D eigenvalue weighted by molar-refractivity contribution is -0.140. The van der Waals surface area contributed by atoms with Crippen molar-refractivity contribution in [1.82, 2.24) is 5.32 Å². The van der Waals surface area contributed by atoms with E-state index in [0.29, 0.717) is 24.3 Å². The summed E-state index contributed by atoms with van der Waals surface area (Å²) < 4.78 is 18.5. The Bertz CT molecular complexity index is 533. The van der Waals surface area contributed by atoms with Gasteiger partial charge in [-0.05, 0) is 23.6 Å². The molecule has 0 spiro atoms. The molecule has 0 radical (unpaired) electrons. The predicted octanol–water partition coefficient (Wildman–Crippen LogP) is 2.64. The monoisotopic (exact) mass is 275 g/mol. The van der Waals surface area contributed by atoms with Crippen molar-refractivity contribution in [3.63, 3.8) is 0 Å². The topological polar surface area (TPSA) is 38.3 Å². The summed E-state index contributed by atoms with van der Waals surface area (Å²) in [6.07, 6.45) is 9.24. The Morgan fingerprint density at radius 1 is 1.65 bits per heavy atom. The van der Waals surface area contributed by atoms with E-state index in [-0.39, 0.29) is 11.6 Å². The van der Waals surface area contributed by atoms with Crippen LogP contribution < -0.4 is 5.32 Å². The Morgan fingerprint density at radius 2 is 2.35 bits per heavy atom. The van der Waals surface area contributed by atoms with E-state index in [9.17, 15) is 9.18 Å². The molecule has 1 heterocycles. The minimum Gasteiger partial charge on any atom is -0.461 e. The lowest BCUT2D eigenvalue weighted by Crippen LogP contribution is -2.20. The number of hydrogen-bond acceptors (Lipinski definition) is 3. The minimum absolute atomic E-state index is 0.214. The summed E-state index contributed by atoms with van der Waals surface area (Å²) in [5, 5.41) is 2.85. The smallest absolute Gasteiger partial charge is 0.355 e. The first-order valence-electron chi connectivity index (χ1n) is 6.30. The van der Waals surface area contributed by atoms with Crippen LogP contribution in [-0.4, -0.2) is 19.1 Å². The second kappa shape index (κ2) is 7.34. The summed E-state index contributed by atoms with van der Waals surface area (Å²) in [5.74, 6) is 1.66. The van der Waals surface area contributed by atoms with Gasteiger partial charge in [0, 0.05) is 6.54 Å². The molecule has 1 aliphatic heterocycles. The molecule has 20 heavy (non-hydrogen) atoms. The largest absolute Gasteiger partial charge is 0.461 e. The molecule has 106 valence electrons. The molecule has 0 unspecified atom stereocenters. The highest BCUT2D eigenvalue weighted by Gasteiger charge is 2.25.